The fourth-order valence-corrected chi connectivity index (χ4v) is 10.0. The molecule has 4 N–H and O–H groups in total. The molecule has 0 fully saturated rings. The molecule has 0 spiro atoms. The summed E-state index contributed by atoms with van der Waals surface area (Å²) < 4.78 is 0. The number of carbonyl (C=O) groups is 1. The fourth-order valence-electron chi connectivity index (χ4n) is 10.0. The molecule has 0 heterocycles. The predicted molar refractivity (Wildman–Crippen MR) is 287 cm³/mol. The van der Waals surface area contributed by atoms with Crippen molar-refractivity contribution in [1.82, 2.24) is 5.32 Å². The normalized spacial score (nSPS) is 13.1. The lowest BCUT2D eigenvalue weighted by Gasteiger charge is -2.23. The molecule has 0 saturated carbocycles. The largest absolute Gasteiger partial charge is 0.394 e. The minimum absolute atomic E-state index is 0.307. The molecule has 0 aromatic rings. The van der Waals surface area contributed by atoms with E-state index in [4.69, 9.17) is 0 Å². The number of carbonyl (C=O) groups excluding carboxylic acids is 1. The number of hydrogen-bond acceptors (Lipinski definition) is 4. The van der Waals surface area contributed by atoms with Crippen molar-refractivity contribution in [3.8, 4) is 0 Å². The van der Waals surface area contributed by atoms with Gasteiger partial charge in [0.1, 0.15) is 6.10 Å². The maximum absolute atomic E-state index is 12.6. The topological polar surface area (TPSA) is 89.8 Å². The molecular formula is C60H121NO4. The van der Waals surface area contributed by atoms with Crippen LogP contribution in [0.1, 0.15) is 354 Å². The molecule has 3 atom stereocenters. The predicted octanol–water partition coefficient (Wildman–Crippen LogP) is 18.9. The van der Waals surface area contributed by atoms with Crippen molar-refractivity contribution in [1.29, 1.82) is 0 Å². The molecule has 0 aliphatic rings. The zero-order chi connectivity index (χ0) is 47.2. The third kappa shape index (κ3) is 51.0. The maximum atomic E-state index is 12.6. The summed E-state index contributed by atoms with van der Waals surface area (Å²) in [7, 11) is 0. The van der Waals surface area contributed by atoms with E-state index in [9.17, 15) is 20.1 Å². The van der Waals surface area contributed by atoms with Crippen molar-refractivity contribution >= 4 is 5.91 Å². The first-order valence-corrected chi connectivity index (χ1v) is 30.3. The average Bonchev–Trinajstić information content (AvgIpc) is 3.31. The molecule has 0 bridgehead atoms. The van der Waals surface area contributed by atoms with E-state index in [1.165, 1.54) is 295 Å². The Bertz CT molecular complexity index is 883. The van der Waals surface area contributed by atoms with E-state index < -0.39 is 24.2 Å². The average molecular weight is 921 g/mol. The number of aliphatic hydroxyl groups excluding tert-OH is 3. The number of amides is 1. The van der Waals surface area contributed by atoms with Crippen molar-refractivity contribution < 1.29 is 20.1 Å². The molecule has 0 aromatic carbocycles. The Morgan fingerprint density at radius 2 is 0.492 bits per heavy atom. The summed E-state index contributed by atoms with van der Waals surface area (Å²) in [5.41, 5.74) is 0. The summed E-state index contributed by atoms with van der Waals surface area (Å²) >= 11 is 0. The van der Waals surface area contributed by atoms with Gasteiger partial charge in [-0.1, -0.05) is 341 Å². The quantitative estimate of drug-likeness (QED) is 0.0458. The van der Waals surface area contributed by atoms with Crippen molar-refractivity contribution in [2.45, 2.75) is 372 Å². The number of rotatable bonds is 57. The number of nitrogens with one attached hydrogen (secondary N) is 1. The molecule has 0 radical (unpaired) electrons. The van der Waals surface area contributed by atoms with Gasteiger partial charge >= 0.3 is 0 Å². The summed E-state index contributed by atoms with van der Waals surface area (Å²) in [5.74, 6) is -0.462. The second-order valence-electron chi connectivity index (χ2n) is 21.3. The van der Waals surface area contributed by atoms with E-state index in [2.05, 4.69) is 19.2 Å². The first-order valence-electron chi connectivity index (χ1n) is 30.3. The Balaban J connectivity index is 3.42. The Morgan fingerprint density at radius 1 is 0.308 bits per heavy atom. The van der Waals surface area contributed by atoms with Crippen LogP contribution in [0.3, 0.4) is 0 Å². The van der Waals surface area contributed by atoms with Gasteiger partial charge in [-0.05, 0) is 12.8 Å². The highest BCUT2D eigenvalue weighted by Gasteiger charge is 2.23. The van der Waals surface area contributed by atoms with Crippen molar-refractivity contribution in [3.63, 3.8) is 0 Å². The van der Waals surface area contributed by atoms with E-state index in [-0.39, 0.29) is 6.61 Å². The van der Waals surface area contributed by atoms with Gasteiger partial charge < -0.3 is 20.6 Å². The maximum Gasteiger partial charge on any atom is 0.249 e. The van der Waals surface area contributed by atoms with Crippen molar-refractivity contribution in [2.24, 2.45) is 0 Å². The van der Waals surface area contributed by atoms with Gasteiger partial charge in [-0.3, -0.25) is 4.79 Å². The highest BCUT2D eigenvalue weighted by molar-refractivity contribution is 5.80. The highest BCUT2D eigenvalue weighted by atomic mass is 16.3. The number of aliphatic hydroxyl groups is 3. The molecule has 390 valence electrons. The standard InChI is InChI=1S/C60H121NO4/c1-3-5-7-9-11-13-15-17-19-21-22-23-24-25-26-27-28-29-30-31-32-33-34-35-36-37-39-41-43-45-47-49-51-53-55-59(64)60(65)61-57(56-62)58(63)54-52-50-48-46-44-42-40-38-20-18-16-14-12-10-8-6-4-2/h57-59,62-64H,3-56H2,1-2H3,(H,61,65). The van der Waals surface area contributed by atoms with Crippen LogP contribution in [0.4, 0.5) is 0 Å². The van der Waals surface area contributed by atoms with Gasteiger partial charge in [-0.25, -0.2) is 0 Å². The second-order valence-corrected chi connectivity index (χ2v) is 21.3. The minimum Gasteiger partial charge on any atom is -0.394 e. The summed E-state index contributed by atoms with van der Waals surface area (Å²) in [6.45, 7) is 4.28. The van der Waals surface area contributed by atoms with Crippen LogP contribution in [-0.4, -0.2) is 46.1 Å². The van der Waals surface area contributed by atoms with Crippen LogP contribution in [-0.2, 0) is 4.79 Å². The molecule has 1 amide bonds. The van der Waals surface area contributed by atoms with Crippen LogP contribution in [0.2, 0.25) is 0 Å². The molecule has 3 unspecified atom stereocenters. The van der Waals surface area contributed by atoms with Gasteiger partial charge in [0.15, 0.2) is 0 Å². The van der Waals surface area contributed by atoms with E-state index >= 15 is 0 Å². The zero-order valence-corrected chi connectivity index (χ0v) is 44.7. The molecule has 0 rings (SSSR count). The first kappa shape index (κ1) is 64.3. The van der Waals surface area contributed by atoms with Crippen LogP contribution in [0.15, 0.2) is 0 Å². The first-order chi connectivity index (χ1) is 32.1. The van der Waals surface area contributed by atoms with Crippen LogP contribution in [0, 0.1) is 0 Å². The van der Waals surface area contributed by atoms with Crippen LogP contribution >= 0.6 is 0 Å². The van der Waals surface area contributed by atoms with E-state index in [0.29, 0.717) is 12.8 Å². The summed E-state index contributed by atoms with van der Waals surface area (Å²) in [6, 6.07) is -0.707. The van der Waals surface area contributed by atoms with Crippen molar-refractivity contribution in [3.05, 3.63) is 0 Å². The molecule has 0 aliphatic heterocycles. The van der Waals surface area contributed by atoms with E-state index in [1.54, 1.807) is 0 Å². The van der Waals surface area contributed by atoms with Gasteiger partial charge in [0, 0.05) is 0 Å². The molecule has 0 saturated heterocycles. The van der Waals surface area contributed by atoms with E-state index in [0.717, 1.165) is 32.1 Å². The lowest BCUT2D eigenvalue weighted by molar-refractivity contribution is -0.131. The highest BCUT2D eigenvalue weighted by Crippen LogP contribution is 2.19. The van der Waals surface area contributed by atoms with Gasteiger partial charge in [0.25, 0.3) is 0 Å². The Morgan fingerprint density at radius 3 is 0.692 bits per heavy atom. The van der Waals surface area contributed by atoms with Gasteiger partial charge in [0.05, 0.1) is 18.8 Å². The lowest BCUT2D eigenvalue weighted by Crippen LogP contribution is -2.49. The second kappa shape index (κ2) is 55.9. The van der Waals surface area contributed by atoms with Crippen LogP contribution in [0.25, 0.3) is 0 Å². The molecule has 5 nitrogen and oxygen atoms in total. The number of hydrogen-bond donors (Lipinski definition) is 4. The van der Waals surface area contributed by atoms with Gasteiger partial charge in [-0.2, -0.15) is 0 Å². The summed E-state index contributed by atoms with van der Waals surface area (Å²) in [6.07, 6.45) is 68.9. The van der Waals surface area contributed by atoms with E-state index in [1.807, 2.05) is 0 Å². The third-order valence-corrected chi connectivity index (χ3v) is 14.7. The lowest BCUT2D eigenvalue weighted by atomic mass is 10.0. The van der Waals surface area contributed by atoms with Gasteiger partial charge in [0.2, 0.25) is 5.91 Å². The molecule has 0 aromatic heterocycles. The molecule has 0 aliphatic carbocycles. The fraction of sp³-hybridized carbons (Fsp3) is 0.983. The summed E-state index contributed by atoms with van der Waals surface area (Å²) in [4.78, 5) is 12.6. The molecular weight excluding hydrogens is 799 g/mol. The Labute approximate surface area is 408 Å². The smallest absolute Gasteiger partial charge is 0.249 e. The van der Waals surface area contributed by atoms with Crippen LogP contribution < -0.4 is 5.32 Å². The Kier molecular flexibility index (Phi) is 55.4. The zero-order valence-electron chi connectivity index (χ0n) is 44.7. The van der Waals surface area contributed by atoms with Crippen LogP contribution in [0.5, 0.6) is 0 Å². The molecule has 5 heteroatoms. The van der Waals surface area contributed by atoms with Crippen molar-refractivity contribution in [2.75, 3.05) is 6.61 Å². The third-order valence-electron chi connectivity index (χ3n) is 14.7. The monoisotopic (exact) mass is 920 g/mol. The molecule has 65 heavy (non-hydrogen) atoms. The summed E-state index contributed by atoms with van der Waals surface area (Å²) in [5, 5.41) is 33.6. The minimum atomic E-state index is -1.07. The SMILES string of the molecule is CCCCCCCCCCCCCCCCCCCCCCCCCCCCCCCCCCCCC(O)C(=O)NC(CO)C(O)CCCCCCCCCCCCCCCCCCC. The number of unbranched alkanes of at least 4 members (excludes halogenated alkanes) is 49. The Hall–Kier alpha value is -0.650. The van der Waals surface area contributed by atoms with Gasteiger partial charge in [-0.15, -0.1) is 0 Å².